The molecule has 0 spiro atoms. The van der Waals surface area contributed by atoms with E-state index in [0.717, 1.165) is 43.5 Å². The van der Waals surface area contributed by atoms with E-state index in [2.05, 4.69) is 44.5 Å². The summed E-state index contributed by atoms with van der Waals surface area (Å²) in [7, 11) is 0. The maximum atomic E-state index is 13.3. The van der Waals surface area contributed by atoms with Crippen molar-refractivity contribution in [1.29, 1.82) is 0 Å². The molecular weight excluding hydrogens is 451 g/mol. The summed E-state index contributed by atoms with van der Waals surface area (Å²) in [5.74, 6) is 0.445. The Kier molecular flexibility index (Phi) is 7.70. The third-order valence-electron chi connectivity index (χ3n) is 5.57. The van der Waals surface area contributed by atoms with E-state index in [1.165, 1.54) is 11.6 Å². The Hall–Kier alpha value is -3.81. The van der Waals surface area contributed by atoms with Crippen LogP contribution in [-0.2, 0) is 19.0 Å². The molecule has 0 saturated heterocycles. The first-order valence-corrected chi connectivity index (χ1v) is 11.6. The molecule has 2 aromatic carbocycles. The summed E-state index contributed by atoms with van der Waals surface area (Å²) in [6.45, 7) is 2.73. The minimum Gasteiger partial charge on any atom is -0.354 e. The van der Waals surface area contributed by atoms with Gasteiger partial charge in [-0.2, -0.15) is 18.3 Å². The van der Waals surface area contributed by atoms with Crippen molar-refractivity contribution in [2.45, 2.75) is 38.8 Å². The highest BCUT2D eigenvalue weighted by atomic mass is 19.4. The SMILES string of the molecule is CCCCc1cc(-c2ccnc(NCCc3ccccc3)n2)c(-c2cccc(C(F)(F)F)c2)nn1. The van der Waals surface area contributed by atoms with Gasteiger partial charge in [0.1, 0.15) is 5.69 Å². The predicted molar refractivity (Wildman–Crippen MR) is 131 cm³/mol. The van der Waals surface area contributed by atoms with Gasteiger partial charge in [0.2, 0.25) is 5.95 Å². The van der Waals surface area contributed by atoms with Crippen molar-refractivity contribution in [2.75, 3.05) is 11.9 Å². The van der Waals surface area contributed by atoms with Gasteiger partial charge in [0, 0.05) is 23.9 Å². The summed E-state index contributed by atoms with van der Waals surface area (Å²) in [6, 6.07) is 18.8. The molecular formula is C27H26F3N5. The average molecular weight is 478 g/mol. The molecule has 0 aliphatic heterocycles. The van der Waals surface area contributed by atoms with Crippen LogP contribution in [0.4, 0.5) is 19.1 Å². The van der Waals surface area contributed by atoms with Crippen molar-refractivity contribution < 1.29 is 13.2 Å². The van der Waals surface area contributed by atoms with E-state index in [1.807, 2.05) is 24.3 Å². The zero-order valence-corrected chi connectivity index (χ0v) is 19.4. The lowest BCUT2D eigenvalue weighted by Crippen LogP contribution is -2.08. The quantitative estimate of drug-likeness (QED) is 0.294. The van der Waals surface area contributed by atoms with Gasteiger partial charge in [0.25, 0.3) is 0 Å². The van der Waals surface area contributed by atoms with Gasteiger partial charge in [-0.05, 0) is 49.1 Å². The number of aryl methyl sites for hydroxylation is 1. The van der Waals surface area contributed by atoms with E-state index in [9.17, 15) is 13.2 Å². The fraction of sp³-hybridized carbons (Fsp3) is 0.259. The molecule has 0 unspecified atom stereocenters. The predicted octanol–water partition coefficient (Wildman–Crippen LogP) is 6.62. The zero-order chi connectivity index (χ0) is 24.7. The summed E-state index contributed by atoms with van der Waals surface area (Å²) >= 11 is 0. The highest BCUT2D eigenvalue weighted by Crippen LogP contribution is 2.35. The van der Waals surface area contributed by atoms with Crippen molar-refractivity contribution in [2.24, 2.45) is 0 Å². The van der Waals surface area contributed by atoms with E-state index in [0.29, 0.717) is 35.0 Å². The van der Waals surface area contributed by atoms with Gasteiger partial charge in [-0.15, -0.1) is 5.10 Å². The number of hydrogen-bond donors (Lipinski definition) is 1. The minimum absolute atomic E-state index is 0.335. The fourth-order valence-corrected chi connectivity index (χ4v) is 3.72. The molecule has 1 N–H and O–H groups in total. The van der Waals surface area contributed by atoms with E-state index < -0.39 is 11.7 Å². The summed E-state index contributed by atoms with van der Waals surface area (Å²) in [5, 5.41) is 11.9. The molecule has 0 atom stereocenters. The van der Waals surface area contributed by atoms with Crippen LogP contribution in [0.15, 0.2) is 72.9 Å². The van der Waals surface area contributed by atoms with Crippen LogP contribution in [-0.4, -0.2) is 26.7 Å². The summed E-state index contributed by atoms with van der Waals surface area (Å²) in [4.78, 5) is 8.95. The second-order valence-electron chi connectivity index (χ2n) is 8.21. The first-order chi connectivity index (χ1) is 16.9. The van der Waals surface area contributed by atoms with Gasteiger partial charge in [0.15, 0.2) is 0 Å². The number of nitrogens with one attached hydrogen (secondary N) is 1. The van der Waals surface area contributed by atoms with Crippen LogP contribution in [0.2, 0.25) is 0 Å². The monoisotopic (exact) mass is 477 g/mol. The summed E-state index contributed by atoms with van der Waals surface area (Å²) < 4.78 is 40.0. The third-order valence-corrected chi connectivity index (χ3v) is 5.57. The van der Waals surface area contributed by atoms with Crippen LogP contribution in [0.25, 0.3) is 22.5 Å². The molecule has 0 saturated carbocycles. The first-order valence-electron chi connectivity index (χ1n) is 11.6. The molecule has 0 radical (unpaired) electrons. The molecule has 5 nitrogen and oxygen atoms in total. The van der Waals surface area contributed by atoms with Crippen LogP contribution < -0.4 is 5.32 Å². The molecule has 0 amide bonds. The Morgan fingerprint density at radius 2 is 1.71 bits per heavy atom. The molecule has 2 aromatic heterocycles. The zero-order valence-electron chi connectivity index (χ0n) is 19.4. The number of anilines is 1. The van der Waals surface area contributed by atoms with Crippen LogP contribution in [0.3, 0.4) is 0 Å². The van der Waals surface area contributed by atoms with E-state index in [-0.39, 0.29) is 0 Å². The van der Waals surface area contributed by atoms with Crippen molar-refractivity contribution in [3.8, 4) is 22.5 Å². The fourth-order valence-electron chi connectivity index (χ4n) is 3.72. The average Bonchev–Trinajstić information content (AvgIpc) is 2.88. The van der Waals surface area contributed by atoms with Gasteiger partial charge in [-0.1, -0.05) is 55.8 Å². The molecule has 0 aliphatic carbocycles. The molecule has 0 bridgehead atoms. The number of hydrogen-bond acceptors (Lipinski definition) is 5. The number of benzene rings is 2. The minimum atomic E-state index is -4.45. The standard InChI is InChI=1S/C27H26F3N5/c1-2-3-12-22-18-23(25(35-34-22)20-10-7-11-21(17-20)27(28,29)30)24-14-16-32-26(33-24)31-15-13-19-8-5-4-6-9-19/h4-11,14,16-18H,2-3,12-13,15H2,1H3,(H,31,32,33). The highest BCUT2D eigenvalue weighted by molar-refractivity contribution is 5.79. The molecule has 2 heterocycles. The maximum Gasteiger partial charge on any atom is 0.416 e. The van der Waals surface area contributed by atoms with E-state index >= 15 is 0 Å². The number of halogens is 3. The molecule has 35 heavy (non-hydrogen) atoms. The van der Waals surface area contributed by atoms with Crippen molar-refractivity contribution in [1.82, 2.24) is 20.2 Å². The lowest BCUT2D eigenvalue weighted by molar-refractivity contribution is -0.137. The maximum absolute atomic E-state index is 13.3. The Bertz CT molecular complexity index is 1260. The largest absolute Gasteiger partial charge is 0.416 e. The molecule has 4 aromatic rings. The van der Waals surface area contributed by atoms with Gasteiger partial charge < -0.3 is 5.32 Å². The smallest absolute Gasteiger partial charge is 0.354 e. The lowest BCUT2D eigenvalue weighted by atomic mass is 10.0. The van der Waals surface area contributed by atoms with Crippen molar-refractivity contribution >= 4 is 5.95 Å². The second kappa shape index (κ2) is 11.1. The van der Waals surface area contributed by atoms with E-state index in [4.69, 9.17) is 0 Å². The Labute approximate surface area is 202 Å². The highest BCUT2D eigenvalue weighted by Gasteiger charge is 2.30. The number of aromatic nitrogens is 4. The molecule has 0 fully saturated rings. The normalized spacial score (nSPS) is 11.4. The molecule has 4 rings (SSSR count). The van der Waals surface area contributed by atoms with E-state index in [1.54, 1.807) is 18.3 Å². The Morgan fingerprint density at radius 3 is 2.49 bits per heavy atom. The number of alkyl halides is 3. The second-order valence-corrected chi connectivity index (χ2v) is 8.21. The molecule has 0 aliphatic rings. The van der Waals surface area contributed by atoms with Crippen LogP contribution >= 0.6 is 0 Å². The summed E-state index contributed by atoms with van der Waals surface area (Å²) in [6.07, 6.45) is 0.654. The molecule has 180 valence electrons. The summed E-state index contributed by atoms with van der Waals surface area (Å²) in [5.41, 5.74) is 3.12. The Balaban J connectivity index is 1.66. The lowest BCUT2D eigenvalue weighted by Gasteiger charge is -2.13. The van der Waals surface area contributed by atoms with Gasteiger partial charge in [0.05, 0.1) is 17.0 Å². The van der Waals surface area contributed by atoms with Crippen LogP contribution in [0.1, 0.15) is 36.6 Å². The first kappa shape index (κ1) is 24.3. The van der Waals surface area contributed by atoms with Gasteiger partial charge >= 0.3 is 6.18 Å². The topological polar surface area (TPSA) is 63.6 Å². The van der Waals surface area contributed by atoms with Gasteiger partial charge in [-0.25, -0.2) is 9.97 Å². The third kappa shape index (κ3) is 6.41. The van der Waals surface area contributed by atoms with Crippen LogP contribution in [0, 0.1) is 0 Å². The number of nitrogens with zero attached hydrogens (tertiary/aromatic N) is 4. The van der Waals surface area contributed by atoms with Crippen molar-refractivity contribution in [3.05, 3.63) is 89.7 Å². The number of rotatable bonds is 9. The van der Waals surface area contributed by atoms with Gasteiger partial charge in [-0.3, -0.25) is 0 Å². The molecule has 8 heteroatoms. The number of unbranched alkanes of at least 4 members (excludes halogenated alkanes) is 1. The Morgan fingerprint density at radius 1 is 0.886 bits per heavy atom. The van der Waals surface area contributed by atoms with Crippen LogP contribution in [0.5, 0.6) is 0 Å². The van der Waals surface area contributed by atoms with Crippen molar-refractivity contribution in [3.63, 3.8) is 0 Å².